The van der Waals surface area contributed by atoms with Crippen LogP contribution in [0.4, 0.5) is 5.69 Å². The van der Waals surface area contributed by atoms with Gasteiger partial charge in [-0.3, -0.25) is 0 Å². The zero-order valence-electron chi connectivity index (χ0n) is 8.27. The largest absolute Gasteiger partial charge is 0.387 e. The van der Waals surface area contributed by atoms with Gasteiger partial charge in [-0.25, -0.2) is 4.99 Å². The molecule has 1 aromatic carbocycles. The Morgan fingerprint density at radius 2 is 2.07 bits per heavy atom. The molecule has 0 radical (unpaired) electrons. The molecule has 1 rings (SSSR count). The van der Waals surface area contributed by atoms with E-state index in [-0.39, 0.29) is 5.92 Å². The fraction of sp³-hybridized carbons (Fsp3) is 0.300. The molecular formula is C10H14N2S2. The first-order chi connectivity index (χ1) is 6.65. The van der Waals surface area contributed by atoms with Crippen molar-refractivity contribution in [3.63, 3.8) is 0 Å². The average Bonchev–Trinajstić information content (AvgIpc) is 2.18. The molecule has 14 heavy (non-hydrogen) atoms. The highest BCUT2D eigenvalue weighted by atomic mass is 33.1. The van der Waals surface area contributed by atoms with Gasteiger partial charge in [-0.05, 0) is 12.1 Å². The van der Waals surface area contributed by atoms with Crippen LogP contribution in [0.25, 0.3) is 0 Å². The van der Waals surface area contributed by atoms with Gasteiger partial charge in [0.1, 0.15) is 5.84 Å². The zero-order chi connectivity index (χ0) is 10.6. The van der Waals surface area contributed by atoms with Crippen LogP contribution in [0.5, 0.6) is 0 Å². The van der Waals surface area contributed by atoms with Crippen LogP contribution in [0, 0.1) is 5.92 Å². The van der Waals surface area contributed by atoms with Crippen molar-refractivity contribution >= 4 is 34.0 Å². The van der Waals surface area contributed by atoms with Crippen molar-refractivity contribution in [3.8, 4) is 0 Å². The Morgan fingerprint density at radius 1 is 1.43 bits per heavy atom. The number of nitrogens with two attached hydrogens (primary N) is 1. The first kappa shape index (κ1) is 11.5. The summed E-state index contributed by atoms with van der Waals surface area (Å²) in [5.74, 6) is 0.924. The molecule has 0 atom stereocenters. The molecule has 0 aliphatic rings. The second-order valence-electron chi connectivity index (χ2n) is 3.25. The average molecular weight is 226 g/mol. The van der Waals surface area contributed by atoms with E-state index in [0.717, 1.165) is 10.6 Å². The van der Waals surface area contributed by atoms with Gasteiger partial charge in [0.25, 0.3) is 0 Å². The van der Waals surface area contributed by atoms with Gasteiger partial charge in [0.2, 0.25) is 0 Å². The van der Waals surface area contributed by atoms with Crippen LogP contribution in [0.1, 0.15) is 13.8 Å². The van der Waals surface area contributed by atoms with Crippen LogP contribution in [0.2, 0.25) is 0 Å². The fourth-order valence-corrected chi connectivity index (χ4v) is 1.70. The molecule has 0 aromatic heterocycles. The van der Waals surface area contributed by atoms with Crippen LogP contribution in [-0.4, -0.2) is 5.84 Å². The van der Waals surface area contributed by atoms with Gasteiger partial charge in [-0.2, -0.15) is 0 Å². The first-order valence-corrected chi connectivity index (χ1v) is 6.26. The summed E-state index contributed by atoms with van der Waals surface area (Å²) in [4.78, 5) is 5.38. The zero-order valence-corrected chi connectivity index (χ0v) is 9.98. The van der Waals surface area contributed by atoms with Crippen molar-refractivity contribution in [2.24, 2.45) is 16.6 Å². The molecule has 0 saturated carbocycles. The Balaban J connectivity index is 3.01. The van der Waals surface area contributed by atoms with Gasteiger partial charge in [-0.1, -0.05) is 36.8 Å². The lowest BCUT2D eigenvalue weighted by Gasteiger charge is -2.05. The smallest absolute Gasteiger partial charge is 0.102 e. The molecule has 0 aliphatic heterocycles. The summed E-state index contributed by atoms with van der Waals surface area (Å²) in [7, 11) is 1.38. The summed E-state index contributed by atoms with van der Waals surface area (Å²) in [6, 6.07) is 7.82. The SMILES string of the molecule is CC(C)C(N)=Nc1ccccc1SS. The summed E-state index contributed by atoms with van der Waals surface area (Å²) in [5, 5.41) is 0. The Morgan fingerprint density at radius 3 is 2.64 bits per heavy atom. The topological polar surface area (TPSA) is 38.4 Å². The maximum atomic E-state index is 5.79. The summed E-state index contributed by atoms with van der Waals surface area (Å²) in [6.45, 7) is 4.05. The van der Waals surface area contributed by atoms with Crippen molar-refractivity contribution in [3.05, 3.63) is 24.3 Å². The van der Waals surface area contributed by atoms with E-state index in [9.17, 15) is 0 Å². The third kappa shape index (κ3) is 2.96. The number of hydrogen-bond donors (Lipinski definition) is 2. The van der Waals surface area contributed by atoms with Crippen LogP contribution >= 0.6 is 22.5 Å². The number of para-hydroxylation sites is 1. The molecule has 0 heterocycles. The monoisotopic (exact) mass is 226 g/mol. The highest BCUT2D eigenvalue weighted by Gasteiger charge is 2.02. The number of benzene rings is 1. The van der Waals surface area contributed by atoms with E-state index in [4.69, 9.17) is 5.73 Å². The van der Waals surface area contributed by atoms with Gasteiger partial charge in [0.15, 0.2) is 0 Å². The van der Waals surface area contributed by atoms with Crippen LogP contribution in [-0.2, 0) is 0 Å². The van der Waals surface area contributed by atoms with Crippen molar-refractivity contribution in [1.82, 2.24) is 0 Å². The molecule has 0 unspecified atom stereocenters. The molecule has 0 spiro atoms. The number of aliphatic imine (C=N–C) groups is 1. The molecule has 0 amide bonds. The number of thiol groups is 1. The third-order valence-corrected chi connectivity index (χ3v) is 2.94. The summed E-state index contributed by atoms with van der Waals surface area (Å²) in [6.07, 6.45) is 0. The van der Waals surface area contributed by atoms with E-state index in [2.05, 4.69) is 16.7 Å². The second kappa shape index (κ2) is 5.32. The Labute approximate surface area is 93.8 Å². The van der Waals surface area contributed by atoms with Gasteiger partial charge in [-0.15, -0.1) is 11.7 Å². The Hall–Kier alpha value is -0.610. The van der Waals surface area contributed by atoms with Gasteiger partial charge in [0.05, 0.1) is 5.69 Å². The summed E-state index contributed by atoms with van der Waals surface area (Å²) >= 11 is 4.16. The highest BCUT2D eigenvalue weighted by Crippen LogP contribution is 2.31. The van der Waals surface area contributed by atoms with E-state index in [0.29, 0.717) is 5.84 Å². The van der Waals surface area contributed by atoms with E-state index in [1.807, 2.05) is 38.1 Å². The Kier molecular flexibility index (Phi) is 4.35. The molecule has 0 fully saturated rings. The Bertz CT molecular complexity index is 335. The van der Waals surface area contributed by atoms with Gasteiger partial charge >= 0.3 is 0 Å². The quantitative estimate of drug-likeness (QED) is 0.359. The lowest BCUT2D eigenvalue weighted by atomic mass is 10.2. The molecule has 0 aliphatic carbocycles. The van der Waals surface area contributed by atoms with E-state index >= 15 is 0 Å². The standard InChI is InChI=1S/C10H14N2S2/c1-7(2)10(11)12-8-5-3-4-6-9(8)14-13/h3-7,13H,1-2H3,(H2,11,12). The van der Waals surface area contributed by atoms with Crippen molar-refractivity contribution < 1.29 is 0 Å². The van der Waals surface area contributed by atoms with Crippen LogP contribution in [0.15, 0.2) is 34.2 Å². The van der Waals surface area contributed by atoms with Gasteiger partial charge < -0.3 is 5.73 Å². The number of amidine groups is 1. The lowest BCUT2D eigenvalue weighted by molar-refractivity contribution is 0.872. The summed E-state index contributed by atoms with van der Waals surface area (Å²) in [5.41, 5.74) is 6.68. The fourth-order valence-electron chi connectivity index (χ4n) is 0.895. The highest BCUT2D eigenvalue weighted by molar-refractivity contribution is 8.68. The number of rotatable bonds is 3. The molecule has 2 nitrogen and oxygen atoms in total. The molecule has 1 aromatic rings. The van der Waals surface area contributed by atoms with E-state index in [1.54, 1.807) is 0 Å². The normalized spacial score (nSPS) is 12.1. The van der Waals surface area contributed by atoms with Crippen LogP contribution < -0.4 is 5.73 Å². The lowest BCUT2D eigenvalue weighted by Crippen LogP contribution is -2.18. The second-order valence-corrected chi connectivity index (χ2v) is 4.42. The van der Waals surface area contributed by atoms with Gasteiger partial charge in [0, 0.05) is 10.8 Å². The predicted octanol–water partition coefficient (Wildman–Crippen LogP) is 3.27. The minimum absolute atomic E-state index is 0.271. The minimum atomic E-state index is 0.271. The third-order valence-electron chi connectivity index (χ3n) is 1.80. The van der Waals surface area contributed by atoms with E-state index in [1.165, 1.54) is 10.8 Å². The number of nitrogens with zero attached hydrogens (tertiary/aromatic N) is 1. The molecular weight excluding hydrogens is 212 g/mol. The molecule has 0 saturated heterocycles. The first-order valence-electron chi connectivity index (χ1n) is 4.39. The van der Waals surface area contributed by atoms with E-state index < -0.39 is 0 Å². The minimum Gasteiger partial charge on any atom is -0.387 e. The predicted molar refractivity (Wildman–Crippen MR) is 67.4 cm³/mol. The molecule has 0 bridgehead atoms. The number of hydrogen-bond acceptors (Lipinski definition) is 3. The van der Waals surface area contributed by atoms with Crippen molar-refractivity contribution in [1.29, 1.82) is 0 Å². The summed E-state index contributed by atoms with van der Waals surface area (Å²) < 4.78 is 0. The molecule has 2 N–H and O–H groups in total. The maximum absolute atomic E-state index is 5.79. The van der Waals surface area contributed by atoms with Crippen molar-refractivity contribution in [2.75, 3.05) is 0 Å². The maximum Gasteiger partial charge on any atom is 0.102 e. The van der Waals surface area contributed by atoms with Crippen LogP contribution in [0.3, 0.4) is 0 Å². The molecule has 4 heteroatoms. The van der Waals surface area contributed by atoms with Crippen molar-refractivity contribution in [2.45, 2.75) is 18.7 Å². The molecule has 76 valence electrons.